The molecule has 1 N–H and O–H groups in total. The molecule has 0 atom stereocenters. The second-order valence-electron chi connectivity index (χ2n) is 5.73. The molecule has 0 fully saturated rings. The lowest BCUT2D eigenvalue weighted by Gasteiger charge is -2.06. The Bertz CT molecular complexity index is 1070. The normalized spacial score (nSPS) is 10.9. The predicted octanol–water partition coefficient (Wildman–Crippen LogP) is 5.33. The van der Waals surface area contributed by atoms with E-state index in [1.807, 2.05) is 6.92 Å². The quantitative estimate of drug-likeness (QED) is 0.530. The van der Waals surface area contributed by atoms with E-state index in [2.05, 4.69) is 15.3 Å². The van der Waals surface area contributed by atoms with Gasteiger partial charge < -0.3 is 9.88 Å². The fraction of sp³-hybridized carbons (Fsp3) is 0.0526. The molecule has 4 nitrogen and oxygen atoms in total. The van der Waals surface area contributed by atoms with Crippen molar-refractivity contribution >= 4 is 22.2 Å². The van der Waals surface area contributed by atoms with Crippen molar-refractivity contribution in [2.24, 2.45) is 0 Å². The minimum Gasteiger partial charge on any atom is -0.329 e. The molecule has 0 saturated carbocycles. The molecule has 0 aliphatic rings. The van der Waals surface area contributed by atoms with Crippen LogP contribution in [0.15, 0.2) is 60.4 Å². The van der Waals surface area contributed by atoms with Gasteiger partial charge in [-0.25, -0.2) is 18.7 Å². The van der Waals surface area contributed by atoms with E-state index in [9.17, 15) is 8.78 Å². The number of hydrogen-bond acceptors (Lipinski definition) is 4. The van der Waals surface area contributed by atoms with Crippen LogP contribution in [0.5, 0.6) is 0 Å². The summed E-state index contributed by atoms with van der Waals surface area (Å²) in [5.41, 5.74) is 2.87. The van der Waals surface area contributed by atoms with Crippen LogP contribution in [0.1, 0.15) is 5.69 Å². The van der Waals surface area contributed by atoms with Gasteiger partial charge in [-0.2, -0.15) is 0 Å². The minimum absolute atomic E-state index is 0.352. The van der Waals surface area contributed by atoms with Gasteiger partial charge in [-0.3, -0.25) is 0 Å². The third-order valence-corrected chi connectivity index (χ3v) is 4.61. The maximum atomic E-state index is 14.5. The van der Waals surface area contributed by atoms with Crippen LogP contribution >= 0.6 is 11.3 Å². The van der Waals surface area contributed by atoms with Crippen LogP contribution in [0.25, 0.3) is 16.9 Å². The highest BCUT2D eigenvalue weighted by Crippen LogP contribution is 2.29. The number of anilines is 2. The van der Waals surface area contributed by atoms with Gasteiger partial charge in [0.15, 0.2) is 5.13 Å². The number of rotatable bonds is 4. The Kier molecular flexibility index (Phi) is 4.22. The molecular weight excluding hydrogens is 354 g/mol. The van der Waals surface area contributed by atoms with E-state index in [-0.39, 0.29) is 11.6 Å². The summed E-state index contributed by atoms with van der Waals surface area (Å²) in [6, 6.07) is 11.3. The number of nitrogens with one attached hydrogen (secondary N) is 1. The van der Waals surface area contributed by atoms with Crippen molar-refractivity contribution in [2.75, 3.05) is 5.32 Å². The summed E-state index contributed by atoms with van der Waals surface area (Å²) in [5.74, 6) is -0.716. The number of para-hydroxylation sites is 1. The first-order valence-corrected chi connectivity index (χ1v) is 8.76. The summed E-state index contributed by atoms with van der Waals surface area (Å²) in [7, 11) is 0. The van der Waals surface area contributed by atoms with Gasteiger partial charge in [-0.05, 0) is 31.2 Å². The Morgan fingerprint density at radius 1 is 1.08 bits per heavy atom. The SMILES string of the molecule is Cc1cn(-c2ccc(-c3csc(Nc4ccccc4F)n3)cc2F)cn1. The highest BCUT2D eigenvalue weighted by Gasteiger charge is 2.11. The maximum absolute atomic E-state index is 14.5. The van der Waals surface area contributed by atoms with Crippen molar-refractivity contribution in [3.63, 3.8) is 0 Å². The monoisotopic (exact) mass is 368 g/mol. The van der Waals surface area contributed by atoms with Crippen molar-refractivity contribution in [2.45, 2.75) is 6.92 Å². The molecule has 0 aliphatic carbocycles. The smallest absolute Gasteiger partial charge is 0.187 e. The summed E-state index contributed by atoms with van der Waals surface area (Å²) in [5, 5.41) is 5.29. The summed E-state index contributed by atoms with van der Waals surface area (Å²) in [6.45, 7) is 1.85. The largest absolute Gasteiger partial charge is 0.329 e. The molecule has 0 radical (unpaired) electrons. The first-order valence-electron chi connectivity index (χ1n) is 7.88. The molecule has 26 heavy (non-hydrogen) atoms. The molecule has 0 amide bonds. The number of aryl methyl sites for hydroxylation is 1. The van der Waals surface area contributed by atoms with Gasteiger partial charge in [-0.1, -0.05) is 18.2 Å². The van der Waals surface area contributed by atoms with E-state index >= 15 is 0 Å². The molecule has 0 aliphatic heterocycles. The molecule has 7 heteroatoms. The Hall–Kier alpha value is -3.06. The molecular formula is C19H14F2N4S. The van der Waals surface area contributed by atoms with Crippen LogP contribution in [0.4, 0.5) is 19.6 Å². The molecule has 0 bridgehead atoms. The van der Waals surface area contributed by atoms with E-state index in [1.165, 1.54) is 23.5 Å². The lowest BCUT2D eigenvalue weighted by Crippen LogP contribution is -1.95. The van der Waals surface area contributed by atoms with Crippen molar-refractivity contribution in [3.05, 3.63) is 77.7 Å². The Labute approximate surface area is 152 Å². The number of nitrogens with zero attached hydrogens (tertiary/aromatic N) is 3. The first-order chi connectivity index (χ1) is 12.6. The number of imidazole rings is 1. The average molecular weight is 368 g/mol. The molecule has 0 unspecified atom stereocenters. The van der Waals surface area contributed by atoms with Crippen molar-refractivity contribution in [1.29, 1.82) is 0 Å². The van der Waals surface area contributed by atoms with Crippen LogP contribution in [-0.2, 0) is 0 Å². The van der Waals surface area contributed by atoms with E-state index in [1.54, 1.807) is 52.8 Å². The topological polar surface area (TPSA) is 42.7 Å². The third kappa shape index (κ3) is 3.21. The number of aromatic nitrogens is 3. The zero-order chi connectivity index (χ0) is 18.1. The molecule has 4 rings (SSSR count). The van der Waals surface area contributed by atoms with E-state index in [0.29, 0.717) is 27.8 Å². The molecule has 0 spiro atoms. The highest BCUT2D eigenvalue weighted by molar-refractivity contribution is 7.14. The molecule has 2 aromatic carbocycles. The summed E-state index contributed by atoms with van der Waals surface area (Å²) in [4.78, 5) is 8.53. The molecule has 2 heterocycles. The third-order valence-electron chi connectivity index (χ3n) is 3.85. The second-order valence-corrected chi connectivity index (χ2v) is 6.59. The first kappa shape index (κ1) is 16.4. The summed E-state index contributed by atoms with van der Waals surface area (Å²) < 4.78 is 29.9. The van der Waals surface area contributed by atoms with E-state index < -0.39 is 0 Å². The Morgan fingerprint density at radius 2 is 1.92 bits per heavy atom. The van der Waals surface area contributed by atoms with Crippen LogP contribution in [0.2, 0.25) is 0 Å². The van der Waals surface area contributed by atoms with Crippen molar-refractivity contribution < 1.29 is 8.78 Å². The van der Waals surface area contributed by atoms with E-state index in [4.69, 9.17) is 0 Å². The van der Waals surface area contributed by atoms with Crippen LogP contribution in [0.3, 0.4) is 0 Å². The second kappa shape index (κ2) is 6.68. The average Bonchev–Trinajstić information content (AvgIpc) is 3.26. The fourth-order valence-corrected chi connectivity index (χ4v) is 3.30. The van der Waals surface area contributed by atoms with Gasteiger partial charge >= 0.3 is 0 Å². The molecule has 2 aromatic heterocycles. The van der Waals surface area contributed by atoms with Crippen LogP contribution in [-0.4, -0.2) is 14.5 Å². The summed E-state index contributed by atoms with van der Waals surface area (Å²) in [6.07, 6.45) is 3.34. The van der Waals surface area contributed by atoms with Gasteiger partial charge in [0.2, 0.25) is 0 Å². The highest BCUT2D eigenvalue weighted by atomic mass is 32.1. The lowest BCUT2D eigenvalue weighted by molar-refractivity contribution is 0.618. The van der Waals surface area contributed by atoms with Gasteiger partial charge in [0.25, 0.3) is 0 Å². The van der Waals surface area contributed by atoms with Gasteiger partial charge in [-0.15, -0.1) is 11.3 Å². The maximum Gasteiger partial charge on any atom is 0.187 e. The minimum atomic E-state index is -0.364. The Balaban J connectivity index is 1.60. The van der Waals surface area contributed by atoms with E-state index in [0.717, 1.165) is 5.69 Å². The van der Waals surface area contributed by atoms with Crippen molar-refractivity contribution in [1.82, 2.24) is 14.5 Å². The summed E-state index contributed by atoms with van der Waals surface area (Å²) >= 11 is 1.33. The fourth-order valence-electron chi connectivity index (χ4n) is 2.57. The molecule has 0 saturated heterocycles. The number of benzene rings is 2. The van der Waals surface area contributed by atoms with Crippen molar-refractivity contribution in [3.8, 4) is 16.9 Å². The molecule has 130 valence electrons. The lowest BCUT2D eigenvalue weighted by atomic mass is 10.1. The van der Waals surface area contributed by atoms with Crippen LogP contribution < -0.4 is 5.32 Å². The number of thiazole rings is 1. The zero-order valence-electron chi connectivity index (χ0n) is 13.8. The van der Waals surface area contributed by atoms with Gasteiger partial charge in [0.05, 0.1) is 29.1 Å². The molecule has 4 aromatic rings. The zero-order valence-corrected chi connectivity index (χ0v) is 14.6. The standard InChI is InChI=1S/C19H14F2N4S/c1-12-9-25(11-22-12)18-7-6-13(8-15(18)21)17-10-26-19(24-17)23-16-5-3-2-4-14(16)20/h2-11H,1H3,(H,23,24). The van der Waals surface area contributed by atoms with Gasteiger partial charge in [0, 0.05) is 17.1 Å². The number of halogens is 2. The predicted molar refractivity (Wildman–Crippen MR) is 99.0 cm³/mol. The van der Waals surface area contributed by atoms with Crippen LogP contribution in [0, 0.1) is 18.6 Å². The van der Waals surface area contributed by atoms with Gasteiger partial charge in [0.1, 0.15) is 11.6 Å². The number of hydrogen-bond donors (Lipinski definition) is 1. The Morgan fingerprint density at radius 3 is 2.65 bits per heavy atom.